The van der Waals surface area contributed by atoms with E-state index in [1.54, 1.807) is 0 Å². The number of nitrogen functional groups attached to an aromatic ring is 2. The van der Waals surface area contributed by atoms with Gasteiger partial charge in [0.05, 0.1) is 10.4 Å². The molecule has 3 aromatic rings. The van der Waals surface area contributed by atoms with Crippen LogP contribution in [0.4, 0.5) is 15.8 Å². The molecule has 0 saturated carbocycles. The fraction of sp³-hybridized carbons (Fsp3) is 0. The highest BCUT2D eigenvalue weighted by atomic mass is 32.1. The van der Waals surface area contributed by atoms with Gasteiger partial charge in [-0.05, 0) is 12.1 Å². The van der Waals surface area contributed by atoms with Crippen molar-refractivity contribution in [1.29, 1.82) is 0 Å². The molecule has 1 heterocycles. The van der Waals surface area contributed by atoms with Crippen molar-refractivity contribution in [3.8, 4) is 0 Å². The second kappa shape index (κ2) is 3.09. The number of hydrogen-bond donors (Lipinski definition) is 2. The molecule has 16 heavy (non-hydrogen) atoms. The summed E-state index contributed by atoms with van der Waals surface area (Å²) in [4.78, 5) is 0. The molecule has 2 nitrogen and oxygen atoms in total. The number of nitrogens with two attached hydrogens (primary N) is 2. The average molecular weight is 232 g/mol. The maximum absolute atomic E-state index is 13.4. The smallest absolute Gasteiger partial charge is 0.149 e. The molecule has 0 saturated heterocycles. The second-order valence-electron chi connectivity index (χ2n) is 3.66. The first-order valence-electron chi connectivity index (χ1n) is 4.83. The molecule has 0 spiro atoms. The van der Waals surface area contributed by atoms with E-state index in [9.17, 15) is 4.39 Å². The van der Waals surface area contributed by atoms with Crippen LogP contribution in [0.25, 0.3) is 20.2 Å². The van der Waals surface area contributed by atoms with Crippen LogP contribution in [-0.2, 0) is 0 Å². The van der Waals surface area contributed by atoms with Crippen LogP contribution in [0.1, 0.15) is 0 Å². The summed E-state index contributed by atoms with van der Waals surface area (Å²) in [6.45, 7) is 0. The van der Waals surface area contributed by atoms with Gasteiger partial charge in [-0.25, -0.2) is 4.39 Å². The number of benzene rings is 2. The lowest BCUT2D eigenvalue weighted by Crippen LogP contribution is -1.94. The number of fused-ring (bicyclic) bond motifs is 3. The van der Waals surface area contributed by atoms with Gasteiger partial charge in [0.15, 0.2) is 0 Å². The summed E-state index contributed by atoms with van der Waals surface area (Å²) in [5.74, 6) is -0.448. The van der Waals surface area contributed by atoms with E-state index < -0.39 is 5.82 Å². The van der Waals surface area contributed by atoms with E-state index in [-0.39, 0.29) is 5.69 Å². The van der Waals surface area contributed by atoms with Crippen molar-refractivity contribution in [3.05, 3.63) is 36.1 Å². The molecule has 0 aliphatic rings. The lowest BCUT2D eigenvalue weighted by molar-refractivity contribution is 0.635. The number of thiophene rings is 1. The molecule has 0 fully saturated rings. The van der Waals surface area contributed by atoms with E-state index in [2.05, 4.69) is 0 Å². The standard InChI is InChI=1S/C12H9FN2S/c13-7-5-8(14)10-6-3-1-2-4-9(6)16-12(10)11(7)15/h1-5H,14-15H2. The Morgan fingerprint density at radius 3 is 2.69 bits per heavy atom. The predicted molar refractivity (Wildman–Crippen MR) is 68.1 cm³/mol. The summed E-state index contributed by atoms with van der Waals surface area (Å²) in [6, 6.07) is 9.13. The summed E-state index contributed by atoms with van der Waals surface area (Å²) in [5, 5.41) is 1.89. The molecule has 4 N–H and O–H groups in total. The molecule has 0 aliphatic carbocycles. The average Bonchev–Trinajstić information content (AvgIpc) is 2.65. The van der Waals surface area contributed by atoms with Gasteiger partial charge in [-0.15, -0.1) is 11.3 Å². The monoisotopic (exact) mass is 232 g/mol. The fourth-order valence-corrected chi connectivity index (χ4v) is 3.10. The zero-order valence-corrected chi connectivity index (χ0v) is 9.14. The van der Waals surface area contributed by atoms with Crippen molar-refractivity contribution in [1.82, 2.24) is 0 Å². The summed E-state index contributed by atoms with van der Waals surface area (Å²) < 4.78 is 15.2. The normalized spacial score (nSPS) is 11.3. The summed E-state index contributed by atoms with van der Waals surface area (Å²) >= 11 is 1.47. The van der Waals surface area contributed by atoms with Crippen molar-refractivity contribution in [2.75, 3.05) is 11.5 Å². The molecule has 2 aromatic carbocycles. The van der Waals surface area contributed by atoms with E-state index in [1.165, 1.54) is 17.4 Å². The van der Waals surface area contributed by atoms with Gasteiger partial charge in [0, 0.05) is 21.2 Å². The Balaban J connectivity index is 2.64. The predicted octanol–water partition coefficient (Wildman–Crippen LogP) is 3.36. The van der Waals surface area contributed by atoms with Crippen LogP contribution in [0.2, 0.25) is 0 Å². The lowest BCUT2D eigenvalue weighted by Gasteiger charge is -2.02. The van der Waals surface area contributed by atoms with Crippen molar-refractivity contribution in [2.24, 2.45) is 0 Å². The van der Waals surface area contributed by atoms with Crippen molar-refractivity contribution >= 4 is 42.9 Å². The van der Waals surface area contributed by atoms with Crippen molar-refractivity contribution in [3.63, 3.8) is 0 Å². The highest BCUT2D eigenvalue weighted by Gasteiger charge is 2.13. The van der Waals surface area contributed by atoms with Crippen LogP contribution >= 0.6 is 11.3 Å². The Morgan fingerprint density at radius 1 is 1.12 bits per heavy atom. The summed E-state index contributed by atoms with van der Waals surface area (Å²) in [5.41, 5.74) is 12.2. The van der Waals surface area contributed by atoms with Gasteiger partial charge in [0.1, 0.15) is 5.82 Å². The van der Waals surface area contributed by atoms with Crippen molar-refractivity contribution < 1.29 is 4.39 Å². The molecular weight excluding hydrogens is 223 g/mol. The number of halogens is 1. The van der Waals surface area contributed by atoms with Crippen LogP contribution in [0.5, 0.6) is 0 Å². The number of anilines is 2. The quantitative estimate of drug-likeness (QED) is 0.584. The molecule has 0 radical (unpaired) electrons. The molecule has 0 amide bonds. The van der Waals surface area contributed by atoms with Gasteiger partial charge in [-0.1, -0.05) is 18.2 Å². The maximum atomic E-state index is 13.4. The SMILES string of the molecule is Nc1c(F)cc(N)c2c1sc1ccccc12. The van der Waals surface area contributed by atoms with Crippen molar-refractivity contribution in [2.45, 2.75) is 0 Å². The van der Waals surface area contributed by atoms with Gasteiger partial charge in [0.25, 0.3) is 0 Å². The zero-order chi connectivity index (χ0) is 11.3. The fourth-order valence-electron chi connectivity index (χ4n) is 1.92. The first-order valence-corrected chi connectivity index (χ1v) is 5.65. The minimum atomic E-state index is -0.448. The molecular formula is C12H9FN2S. The minimum absolute atomic E-state index is 0.186. The van der Waals surface area contributed by atoms with Crippen LogP contribution in [0, 0.1) is 5.82 Å². The molecule has 3 rings (SSSR count). The summed E-state index contributed by atoms with van der Waals surface area (Å²) in [7, 11) is 0. The summed E-state index contributed by atoms with van der Waals surface area (Å²) in [6.07, 6.45) is 0. The minimum Gasteiger partial charge on any atom is -0.398 e. The molecule has 1 aromatic heterocycles. The first kappa shape index (κ1) is 9.42. The Kier molecular flexibility index (Phi) is 1.82. The highest BCUT2D eigenvalue weighted by Crippen LogP contribution is 2.41. The van der Waals surface area contributed by atoms with Crippen LogP contribution in [0.15, 0.2) is 30.3 Å². The molecule has 4 heteroatoms. The van der Waals surface area contributed by atoms with Crippen LogP contribution in [0.3, 0.4) is 0 Å². The molecule has 0 atom stereocenters. The number of hydrogen-bond acceptors (Lipinski definition) is 3. The largest absolute Gasteiger partial charge is 0.398 e. The molecule has 80 valence electrons. The second-order valence-corrected chi connectivity index (χ2v) is 4.72. The van der Waals surface area contributed by atoms with Crippen LogP contribution < -0.4 is 11.5 Å². The van der Waals surface area contributed by atoms with E-state index in [4.69, 9.17) is 11.5 Å². The third-order valence-corrected chi connectivity index (χ3v) is 3.87. The van der Waals surface area contributed by atoms with Gasteiger partial charge in [-0.2, -0.15) is 0 Å². The van der Waals surface area contributed by atoms with E-state index in [1.807, 2.05) is 24.3 Å². The Bertz CT molecular complexity index is 703. The van der Waals surface area contributed by atoms with Gasteiger partial charge >= 0.3 is 0 Å². The van der Waals surface area contributed by atoms with Gasteiger partial charge < -0.3 is 11.5 Å². The Labute approximate surface area is 95.3 Å². The third kappa shape index (κ3) is 1.10. The highest BCUT2D eigenvalue weighted by molar-refractivity contribution is 7.26. The zero-order valence-electron chi connectivity index (χ0n) is 8.33. The molecule has 0 unspecified atom stereocenters. The molecule has 0 bridgehead atoms. The first-order chi connectivity index (χ1) is 7.68. The number of rotatable bonds is 0. The van der Waals surface area contributed by atoms with E-state index in [0.717, 1.165) is 20.2 Å². The Morgan fingerprint density at radius 2 is 1.88 bits per heavy atom. The van der Waals surface area contributed by atoms with E-state index in [0.29, 0.717) is 5.69 Å². The maximum Gasteiger partial charge on any atom is 0.149 e. The van der Waals surface area contributed by atoms with Gasteiger partial charge in [-0.3, -0.25) is 0 Å². The third-order valence-electron chi connectivity index (χ3n) is 2.67. The lowest BCUT2D eigenvalue weighted by atomic mass is 10.1. The van der Waals surface area contributed by atoms with Crippen LogP contribution in [-0.4, -0.2) is 0 Å². The topological polar surface area (TPSA) is 52.0 Å². The van der Waals surface area contributed by atoms with Gasteiger partial charge in [0.2, 0.25) is 0 Å². The van der Waals surface area contributed by atoms with E-state index >= 15 is 0 Å². The Hall–Kier alpha value is -1.81. The molecule has 0 aliphatic heterocycles.